The quantitative estimate of drug-likeness (QED) is 0.769. The molecule has 1 amide bonds. The highest BCUT2D eigenvalue weighted by molar-refractivity contribution is 5.79. The molecule has 25 heavy (non-hydrogen) atoms. The molecule has 3 nitrogen and oxygen atoms in total. The molecule has 3 fully saturated rings. The van der Waals surface area contributed by atoms with E-state index in [9.17, 15) is 4.79 Å². The van der Waals surface area contributed by atoms with Gasteiger partial charge in [0.15, 0.2) is 0 Å². The van der Waals surface area contributed by atoms with Gasteiger partial charge in [0, 0.05) is 17.5 Å². The summed E-state index contributed by atoms with van der Waals surface area (Å²) in [5, 5.41) is 3.20. The van der Waals surface area contributed by atoms with Crippen molar-refractivity contribution in [3.8, 4) is 0 Å². The Morgan fingerprint density at radius 2 is 2.20 bits per heavy atom. The highest BCUT2D eigenvalue weighted by Gasteiger charge is 2.61. The molecule has 4 aliphatic rings. The highest BCUT2D eigenvalue weighted by atomic mass is 16.5. The molecule has 7 unspecified atom stereocenters. The average molecular weight is 344 g/mol. The van der Waals surface area contributed by atoms with E-state index in [4.69, 9.17) is 4.74 Å². The van der Waals surface area contributed by atoms with E-state index in [1.165, 1.54) is 25.0 Å². The van der Waals surface area contributed by atoms with E-state index >= 15 is 0 Å². The van der Waals surface area contributed by atoms with Crippen LogP contribution in [0.2, 0.25) is 0 Å². The molecule has 1 N–H and O–H groups in total. The van der Waals surface area contributed by atoms with Gasteiger partial charge in [-0.1, -0.05) is 32.9 Å². The van der Waals surface area contributed by atoms with E-state index in [-0.39, 0.29) is 11.3 Å². The number of allylic oxidation sites excluding steroid dienone is 2. The maximum Gasteiger partial charge on any atom is 0.224 e. The van der Waals surface area contributed by atoms with Crippen LogP contribution in [-0.2, 0) is 9.53 Å². The van der Waals surface area contributed by atoms with Crippen LogP contribution in [0.4, 0.5) is 0 Å². The van der Waals surface area contributed by atoms with Crippen LogP contribution in [0.1, 0.15) is 59.3 Å². The molecule has 1 aliphatic heterocycles. The second-order valence-electron chi connectivity index (χ2n) is 9.48. The van der Waals surface area contributed by atoms with Crippen molar-refractivity contribution in [3.05, 3.63) is 24.4 Å². The monoisotopic (exact) mass is 343 g/mol. The van der Waals surface area contributed by atoms with Crippen molar-refractivity contribution in [1.29, 1.82) is 0 Å². The number of carbonyl (C=O) groups excluding carboxylic acids is 1. The molecule has 0 aromatic rings. The van der Waals surface area contributed by atoms with Gasteiger partial charge in [0.05, 0.1) is 12.7 Å². The Bertz CT molecular complexity index is 611. The Morgan fingerprint density at radius 1 is 1.40 bits per heavy atom. The summed E-state index contributed by atoms with van der Waals surface area (Å²) >= 11 is 0. The minimum absolute atomic E-state index is 0.165. The van der Waals surface area contributed by atoms with Crippen molar-refractivity contribution in [2.45, 2.75) is 65.4 Å². The highest BCUT2D eigenvalue weighted by Crippen LogP contribution is 2.65. The summed E-state index contributed by atoms with van der Waals surface area (Å²) in [7, 11) is 0. The van der Waals surface area contributed by atoms with Crippen LogP contribution in [0.5, 0.6) is 0 Å². The van der Waals surface area contributed by atoms with Crippen LogP contribution >= 0.6 is 0 Å². The maximum atomic E-state index is 11.9. The van der Waals surface area contributed by atoms with E-state index in [0.717, 1.165) is 24.7 Å². The number of piperidine rings is 1. The van der Waals surface area contributed by atoms with E-state index in [2.05, 4.69) is 38.7 Å². The first kappa shape index (κ1) is 17.3. The molecule has 3 heteroatoms. The Morgan fingerprint density at radius 3 is 2.96 bits per heavy atom. The molecular weight excluding hydrogens is 310 g/mol. The number of amides is 1. The zero-order valence-electron chi connectivity index (χ0n) is 16.0. The molecule has 0 aromatic heterocycles. The summed E-state index contributed by atoms with van der Waals surface area (Å²) in [6, 6.07) is 0. The van der Waals surface area contributed by atoms with Gasteiger partial charge in [-0.25, -0.2) is 0 Å². The van der Waals surface area contributed by atoms with Crippen LogP contribution in [0, 0.1) is 34.5 Å². The third-order valence-corrected chi connectivity index (χ3v) is 8.26. The lowest BCUT2D eigenvalue weighted by Gasteiger charge is -2.57. The smallest absolute Gasteiger partial charge is 0.224 e. The molecule has 4 rings (SSSR count). The maximum absolute atomic E-state index is 11.9. The third kappa shape index (κ3) is 2.45. The van der Waals surface area contributed by atoms with E-state index < -0.39 is 0 Å². The van der Waals surface area contributed by atoms with Crippen LogP contribution in [0.25, 0.3) is 0 Å². The van der Waals surface area contributed by atoms with Crippen molar-refractivity contribution in [2.24, 2.45) is 34.5 Å². The van der Waals surface area contributed by atoms with Gasteiger partial charge >= 0.3 is 0 Å². The first-order valence-electron chi connectivity index (χ1n) is 10.1. The molecule has 0 aromatic carbocycles. The predicted octanol–water partition coefficient (Wildman–Crippen LogP) is 4.45. The largest absolute Gasteiger partial charge is 0.374 e. The zero-order valence-corrected chi connectivity index (χ0v) is 16.0. The molecular formula is C22H33NO2. The van der Waals surface area contributed by atoms with E-state index in [0.29, 0.717) is 36.4 Å². The number of carbonyl (C=O) groups is 1. The number of hydrogen-bond acceptors (Lipinski definition) is 2. The number of ether oxygens (including phenoxy) is 1. The standard InChI is InChI=1S/C22H33NO2/c1-5-12-25-18-13-14(2)20-15-6-7-17-21(3,11-9-19(24)23-17)16(15)8-10-22(18,20)4/h5,7,14-16,18,20H,1,6,8-13H2,2-4H3,(H,23,24). The fraction of sp³-hybridized carbons (Fsp3) is 0.773. The fourth-order valence-electron chi connectivity index (χ4n) is 7.12. The minimum Gasteiger partial charge on any atom is -0.374 e. The second kappa shape index (κ2) is 5.97. The molecule has 138 valence electrons. The Labute approximate surface area is 152 Å². The normalized spacial score (nSPS) is 48.7. The van der Waals surface area contributed by atoms with Crippen molar-refractivity contribution in [3.63, 3.8) is 0 Å². The van der Waals surface area contributed by atoms with Crippen molar-refractivity contribution in [1.82, 2.24) is 5.32 Å². The summed E-state index contributed by atoms with van der Waals surface area (Å²) < 4.78 is 6.23. The molecule has 3 aliphatic carbocycles. The van der Waals surface area contributed by atoms with E-state index in [1.54, 1.807) is 0 Å². The number of rotatable bonds is 3. The van der Waals surface area contributed by atoms with Crippen molar-refractivity contribution < 1.29 is 9.53 Å². The van der Waals surface area contributed by atoms with Crippen LogP contribution < -0.4 is 5.32 Å². The van der Waals surface area contributed by atoms with Gasteiger partial charge in [-0.15, -0.1) is 6.58 Å². The zero-order chi connectivity index (χ0) is 17.8. The van der Waals surface area contributed by atoms with E-state index in [1.807, 2.05) is 6.08 Å². The van der Waals surface area contributed by atoms with Gasteiger partial charge < -0.3 is 10.1 Å². The number of nitrogens with one attached hydrogen (secondary N) is 1. The summed E-state index contributed by atoms with van der Waals surface area (Å²) in [4.78, 5) is 11.9. The predicted molar refractivity (Wildman–Crippen MR) is 99.7 cm³/mol. The lowest BCUT2D eigenvalue weighted by Crippen LogP contribution is -2.54. The summed E-state index contributed by atoms with van der Waals surface area (Å²) in [6.45, 7) is 11.8. The lowest BCUT2D eigenvalue weighted by atomic mass is 9.49. The average Bonchev–Trinajstić information content (AvgIpc) is 2.84. The van der Waals surface area contributed by atoms with Gasteiger partial charge in [0.1, 0.15) is 0 Å². The summed E-state index contributed by atoms with van der Waals surface area (Å²) in [5.74, 6) is 3.08. The third-order valence-electron chi connectivity index (χ3n) is 8.26. The lowest BCUT2D eigenvalue weighted by molar-refractivity contribution is -0.126. The first-order chi connectivity index (χ1) is 11.9. The Kier molecular flexibility index (Phi) is 4.14. The Hall–Kier alpha value is -1.09. The van der Waals surface area contributed by atoms with Gasteiger partial charge in [0.25, 0.3) is 0 Å². The molecule has 1 heterocycles. The van der Waals surface area contributed by atoms with Gasteiger partial charge in [0.2, 0.25) is 5.91 Å². The molecule has 2 saturated carbocycles. The first-order valence-corrected chi connectivity index (χ1v) is 10.1. The number of fused-ring (bicyclic) bond motifs is 5. The SMILES string of the molecule is C=CCOC1CC(C)C2C3CC=C4NC(=O)CCC4(C)C3CCC12C. The van der Waals surface area contributed by atoms with Gasteiger partial charge in [-0.3, -0.25) is 4.79 Å². The summed E-state index contributed by atoms with van der Waals surface area (Å²) in [6.07, 6.45) is 11.1. The molecule has 0 spiro atoms. The van der Waals surface area contributed by atoms with Crippen molar-refractivity contribution in [2.75, 3.05) is 6.61 Å². The molecule has 0 bridgehead atoms. The Balaban J connectivity index is 1.64. The van der Waals surface area contributed by atoms with Crippen LogP contribution in [0.3, 0.4) is 0 Å². The molecule has 0 radical (unpaired) electrons. The molecule has 7 atom stereocenters. The number of hydrogen-bond donors (Lipinski definition) is 1. The van der Waals surface area contributed by atoms with Crippen molar-refractivity contribution >= 4 is 5.91 Å². The fourth-order valence-corrected chi connectivity index (χ4v) is 7.12. The van der Waals surface area contributed by atoms with Crippen LogP contribution in [-0.4, -0.2) is 18.6 Å². The van der Waals surface area contributed by atoms with Crippen LogP contribution in [0.15, 0.2) is 24.4 Å². The topological polar surface area (TPSA) is 38.3 Å². The minimum atomic E-state index is 0.165. The van der Waals surface area contributed by atoms with Gasteiger partial charge in [-0.2, -0.15) is 0 Å². The molecule has 1 saturated heterocycles. The van der Waals surface area contributed by atoms with Gasteiger partial charge in [-0.05, 0) is 61.2 Å². The second-order valence-corrected chi connectivity index (χ2v) is 9.48. The summed E-state index contributed by atoms with van der Waals surface area (Å²) in [5.41, 5.74) is 1.68.